The van der Waals surface area contributed by atoms with Crippen LogP contribution in [0.3, 0.4) is 0 Å². The summed E-state index contributed by atoms with van der Waals surface area (Å²) in [7, 11) is 0. The molecule has 1 amide bonds. The molecule has 0 bridgehead atoms. The fourth-order valence-corrected chi connectivity index (χ4v) is 2.52. The van der Waals surface area contributed by atoms with E-state index in [4.69, 9.17) is 19.3 Å². The molecule has 0 atom stereocenters. The SMILES string of the molecule is CCOC(Cn1c(=O)ccc2ccc(OCCCNC(=O)O)nc21)OCC. The fraction of sp³-hybridized carbons (Fsp3) is 0.500. The Balaban J connectivity index is 2.17. The molecule has 0 aromatic carbocycles. The maximum atomic E-state index is 12.4. The van der Waals surface area contributed by atoms with Crippen LogP contribution >= 0.6 is 0 Å². The quantitative estimate of drug-likeness (QED) is 0.452. The van der Waals surface area contributed by atoms with Crippen LogP contribution in [0.5, 0.6) is 5.88 Å². The van der Waals surface area contributed by atoms with Crippen molar-refractivity contribution in [2.45, 2.75) is 33.1 Å². The third-order valence-electron chi connectivity index (χ3n) is 3.69. The van der Waals surface area contributed by atoms with E-state index in [9.17, 15) is 9.59 Å². The molecular formula is C18H25N3O6. The van der Waals surface area contributed by atoms with Gasteiger partial charge in [0.1, 0.15) is 5.65 Å². The summed E-state index contributed by atoms with van der Waals surface area (Å²) < 4.78 is 18.1. The van der Waals surface area contributed by atoms with E-state index in [1.54, 1.807) is 12.1 Å². The Morgan fingerprint density at radius 2 is 1.93 bits per heavy atom. The van der Waals surface area contributed by atoms with Crippen LogP contribution in [0.15, 0.2) is 29.1 Å². The molecule has 27 heavy (non-hydrogen) atoms. The van der Waals surface area contributed by atoms with Crippen molar-refractivity contribution in [1.29, 1.82) is 0 Å². The van der Waals surface area contributed by atoms with Gasteiger partial charge in [-0.2, -0.15) is 4.98 Å². The summed E-state index contributed by atoms with van der Waals surface area (Å²) >= 11 is 0. The Morgan fingerprint density at radius 1 is 1.22 bits per heavy atom. The van der Waals surface area contributed by atoms with Gasteiger partial charge in [-0.15, -0.1) is 0 Å². The number of carbonyl (C=O) groups is 1. The molecule has 0 radical (unpaired) electrons. The molecule has 9 nitrogen and oxygen atoms in total. The Bertz CT molecular complexity index is 801. The van der Waals surface area contributed by atoms with Gasteiger partial charge in [0.15, 0.2) is 6.29 Å². The van der Waals surface area contributed by atoms with Crippen LogP contribution in [0.2, 0.25) is 0 Å². The highest BCUT2D eigenvalue weighted by Crippen LogP contribution is 2.16. The van der Waals surface area contributed by atoms with Gasteiger partial charge in [0.2, 0.25) is 5.88 Å². The number of hydrogen-bond donors (Lipinski definition) is 2. The molecule has 0 fully saturated rings. The summed E-state index contributed by atoms with van der Waals surface area (Å²) in [5.74, 6) is 0.363. The summed E-state index contributed by atoms with van der Waals surface area (Å²) in [6.45, 7) is 5.47. The lowest BCUT2D eigenvalue weighted by Gasteiger charge is -2.19. The van der Waals surface area contributed by atoms with Crippen LogP contribution in [0.1, 0.15) is 20.3 Å². The molecule has 148 valence electrons. The summed E-state index contributed by atoms with van der Waals surface area (Å²) in [5.41, 5.74) is 0.273. The van der Waals surface area contributed by atoms with Crippen molar-refractivity contribution in [2.75, 3.05) is 26.4 Å². The molecule has 2 heterocycles. The second-order valence-electron chi connectivity index (χ2n) is 5.62. The maximum absolute atomic E-state index is 12.4. The molecular weight excluding hydrogens is 354 g/mol. The van der Waals surface area contributed by atoms with Crippen molar-refractivity contribution < 1.29 is 24.1 Å². The molecule has 0 spiro atoms. The number of fused-ring (bicyclic) bond motifs is 1. The highest BCUT2D eigenvalue weighted by atomic mass is 16.7. The molecule has 2 N–H and O–H groups in total. The molecule has 0 unspecified atom stereocenters. The second-order valence-corrected chi connectivity index (χ2v) is 5.62. The standard InChI is InChI=1S/C18H25N3O6/c1-3-25-16(26-4-2)12-21-15(22)9-7-13-6-8-14(20-17(13)21)27-11-5-10-19-18(23)24/h6-9,16,19H,3-5,10-12H2,1-2H3,(H,23,24). The van der Waals surface area contributed by atoms with Crippen molar-refractivity contribution in [1.82, 2.24) is 14.9 Å². The molecule has 2 rings (SSSR count). The Hall–Kier alpha value is -2.65. The summed E-state index contributed by atoms with van der Waals surface area (Å²) in [6, 6.07) is 6.72. The van der Waals surface area contributed by atoms with Crippen LogP contribution in [0, 0.1) is 0 Å². The van der Waals surface area contributed by atoms with Crippen molar-refractivity contribution in [2.24, 2.45) is 0 Å². The van der Waals surface area contributed by atoms with Crippen LogP contribution in [0.25, 0.3) is 11.0 Å². The van der Waals surface area contributed by atoms with E-state index in [1.165, 1.54) is 10.6 Å². The van der Waals surface area contributed by atoms with E-state index in [0.717, 1.165) is 5.39 Å². The fourth-order valence-electron chi connectivity index (χ4n) is 2.52. The number of amides is 1. The highest BCUT2D eigenvalue weighted by molar-refractivity contribution is 5.75. The zero-order chi connectivity index (χ0) is 19.6. The number of aromatic nitrogens is 2. The van der Waals surface area contributed by atoms with E-state index < -0.39 is 12.4 Å². The Morgan fingerprint density at radius 3 is 2.59 bits per heavy atom. The van der Waals surface area contributed by atoms with Gasteiger partial charge >= 0.3 is 6.09 Å². The highest BCUT2D eigenvalue weighted by Gasteiger charge is 2.14. The van der Waals surface area contributed by atoms with Crippen molar-refractivity contribution in [3.63, 3.8) is 0 Å². The lowest BCUT2D eigenvalue weighted by atomic mass is 10.3. The zero-order valence-corrected chi connectivity index (χ0v) is 15.5. The third-order valence-corrected chi connectivity index (χ3v) is 3.69. The second kappa shape index (κ2) is 10.5. The zero-order valence-electron chi connectivity index (χ0n) is 15.5. The van der Waals surface area contributed by atoms with Gasteiger partial charge in [-0.25, -0.2) is 4.79 Å². The monoisotopic (exact) mass is 379 g/mol. The van der Waals surface area contributed by atoms with Crippen molar-refractivity contribution in [3.05, 3.63) is 34.6 Å². The van der Waals surface area contributed by atoms with Gasteiger partial charge in [0, 0.05) is 37.3 Å². The first-order chi connectivity index (χ1) is 13.0. The average Bonchev–Trinajstić information content (AvgIpc) is 2.64. The summed E-state index contributed by atoms with van der Waals surface area (Å²) in [6.07, 6.45) is -1.11. The molecule has 2 aromatic rings. The largest absolute Gasteiger partial charge is 0.478 e. The van der Waals surface area contributed by atoms with E-state index >= 15 is 0 Å². The van der Waals surface area contributed by atoms with Crippen LogP contribution < -0.4 is 15.6 Å². The minimum absolute atomic E-state index is 0.206. The maximum Gasteiger partial charge on any atom is 0.404 e. The predicted octanol–water partition coefficient (Wildman–Crippen LogP) is 1.83. The molecule has 2 aromatic heterocycles. The van der Waals surface area contributed by atoms with Crippen LogP contribution in [0.4, 0.5) is 4.79 Å². The first-order valence-corrected chi connectivity index (χ1v) is 8.88. The number of pyridine rings is 2. The number of rotatable bonds is 11. The first-order valence-electron chi connectivity index (χ1n) is 8.88. The van der Waals surface area contributed by atoms with Gasteiger partial charge in [-0.3, -0.25) is 9.36 Å². The smallest absolute Gasteiger partial charge is 0.404 e. The lowest BCUT2D eigenvalue weighted by Crippen LogP contribution is -2.30. The predicted molar refractivity (Wildman–Crippen MR) is 99.2 cm³/mol. The summed E-state index contributed by atoms with van der Waals surface area (Å²) in [5, 5.41) is 11.6. The molecule has 0 saturated heterocycles. The van der Waals surface area contributed by atoms with Gasteiger partial charge in [0.05, 0.1) is 13.2 Å². The van der Waals surface area contributed by atoms with Crippen molar-refractivity contribution >= 4 is 17.1 Å². The minimum atomic E-state index is -1.07. The van der Waals surface area contributed by atoms with E-state index in [0.29, 0.717) is 37.8 Å². The van der Waals surface area contributed by atoms with E-state index in [1.807, 2.05) is 19.9 Å². The number of nitrogens with one attached hydrogen (secondary N) is 1. The van der Waals surface area contributed by atoms with Gasteiger partial charge in [-0.1, -0.05) is 0 Å². The van der Waals surface area contributed by atoms with Crippen LogP contribution in [-0.2, 0) is 16.0 Å². The Labute approximate surface area is 156 Å². The number of hydrogen-bond acceptors (Lipinski definition) is 6. The normalized spacial score (nSPS) is 11.1. The Kier molecular flexibility index (Phi) is 8.02. The van der Waals surface area contributed by atoms with Crippen LogP contribution in [-0.4, -0.2) is 53.4 Å². The molecule has 0 aliphatic heterocycles. The minimum Gasteiger partial charge on any atom is -0.478 e. The average molecular weight is 379 g/mol. The molecule has 0 saturated carbocycles. The van der Waals surface area contributed by atoms with Gasteiger partial charge in [-0.05, 0) is 32.4 Å². The number of carboxylic acid groups (broad SMARTS) is 1. The topological polar surface area (TPSA) is 112 Å². The number of nitrogens with zero attached hydrogens (tertiary/aromatic N) is 2. The number of ether oxygens (including phenoxy) is 3. The van der Waals surface area contributed by atoms with Gasteiger partial charge in [0.25, 0.3) is 5.56 Å². The molecule has 0 aliphatic rings. The van der Waals surface area contributed by atoms with E-state index in [-0.39, 0.29) is 18.6 Å². The molecule has 0 aliphatic carbocycles. The van der Waals surface area contributed by atoms with Gasteiger partial charge < -0.3 is 24.6 Å². The molecule has 9 heteroatoms. The van der Waals surface area contributed by atoms with E-state index in [2.05, 4.69) is 10.3 Å². The third kappa shape index (κ3) is 6.22. The van der Waals surface area contributed by atoms with Crippen molar-refractivity contribution in [3.8, 4) is 5.88 Å². The lowest BCUT2D eigenvalue weighted by molar-refractivity contribution is -0.143. The first kappa shape index (κ1) is 20.7. The summed E-state index contributed by atoms with van der Waals surface area (Å²) in [4.78, 5) is 27.2.